The van der Waals surface area contributed by atoms with E-state index in [0.717, 1.165) is 5.69 Å². The molecule has 0 spiro atoms. The Bertz CT molecular complexity index is 337. The van der Waals surface area contributed by atoms with Crippen molar-refractivity contribution in [3.63, 3.8) is 0 Å². The van der Waals surface area contributed by atoms with Crippen LogP contribution in [0.2, 0.25) is 0 Å². The molecule has 0 aliphatic heterocycles. The maximum absolute atomic E-state index is 4.22. The van der Waals surface area contributed by atoms with Gasteiger partial charge in [0.2, 0.25) is 0 Å². The first kappa shape index (κ1) is 15.2. The molecule has 1 atom stereocenters. The van der Waals surface area contributed by atoms with Gasteiger partial charge in [0.15, 0.2) is 0 Å². The molecule has 0 saturated carbocycles. The largest absolute Gasteiger partial charge is 0.252 e. The molecule has 0 radical (unpaired) electrons. The van der Waals surface area contributed by atoms with Gasteiger partial charge in [-0.15, -0.1) is 5.10 Å². The van der Waals surface area contributed by atoms with Gasteiger partial charge in [0.05, 0.1) is 11.4 Å². The third-order valence-corrected chi connectivity index (χ3v) is 3.95. The smallest absolute Gasteiger partial charge is 0.0833 e. The van der Waals surface area contributed by atoms with Gasteiger partial charge in [-0.2, -0.15) is 0 Å². The van der Waals surface area contributed by atoms with Crippen molar-refractivity contribution in [3.8, 4) is 0 Å². The van der Waals surface area contributed by atoms with E-state index in [0.29, 0.717) is 0 Å². The molecule has 0 aliphatic carbocycles. The molecule has 0 amide bonds. The third-order valence-electron chi connectivity index (χ3n) is 3.95. The zero-order valence-electron chi connectivity index (χ0n) is 12.8. The summed E-state index contributed by atoms with van der Waals surface area (Å²) in [5, 5.41) is 8.40. The first-order valence-electron chi connectivity index (χ1n) is 7.42. The molecule has 0 saturated heterocycles. The normalized spacial score (nSPS) is 14.7. The van der Waals surface area contributed by atoms with E-state index in [2.05, 4.69) is 38.0 Å². The average Bonchev–Trinajstić information content (AvgIpc) is 2.66. The first-order chi connectivity index (χ1) is 8.55. The Kier molecular flexibility index (Phi) is 5.83. The fourth-order valence-corrected chi connectivity index (χ4v) is 3.14. The van der Waals surface area contributed by atoms with Crippen LogP contribution in [0.25, 0.3) is 0 Å². The summed E-state index contributed by atoms with van der Waals surface area (Å²) in [6.45, 7) is 9.00. The Morgan fingerprint density at radius 3 is 2.28 bits per heavy atom. The van der Waals surface area contributed by atoms with Crippen molar-refractivity contribution in [2.24, 2.45) is 7.05 Å². The van der Waals surface area contributed by atoms with Crippen LogP contribution in [0.4, 0.5) is 0 Å². The summed E-state index contributed by atoms with van der Waals surface area (Å²) >= 11 is 0. The highest BCUT2D eigenvalue weighted by Gasteiger charge is 2.30. The number of hydrogen-bond acceptors (Lipinski definition) is 2. The van der Waals surface area contributed by atoms with Crippen LogP contribution >= 0.6 is 0 Å². The van der Waals surface area contributed by atoms with Crippen LogP contribution in [-0.2, 0) is 12.5 Å². The summed E-state index contributed by atoms with van der Waals surface area (Å²) < 4.78 is 1.98. The van der Waals surface area contributed by atoms with Gasteiger partial charge in [-0.3, -0.25) is 4.68 Å². The summed E-state index contributed by atoms with van der Waals surface area (Å²) in [7, 11) is 2.02. The van der Waals surface area contributed by atoms with Crippen molar-refractivity contribution in [1.82, 2.24) is 15.0 Å². The molecule has 1 aromatic rings. The molecular weight excluding hydrogens is 222 g/mol. The van der Waals surface area contributed by atoms with Gasteiger partial charge in [-0.1, -0.05) is 58.1 Å². The number of hydrogen-bond donors (Lipinski definition) is 0. The Balaban J connectivity index is 2.79. The lowest BCUT2D eigenvalue weighted by atomic mass is 9.77. The van der Waals surface area contributed by atoms with Crippen LogP contribution in [-0.4, -0.2) is 15.0 Å². The Morgan fingerprint density at radius 1 is 1.06 bits per heavy atom. The van der Waals surface area contributed by atoms with Crippen LogP contribution in [0, 0.1) is 6.92 Å². The van der Waals surface area contributed by atoms with Crippen molar-refractivity contribution in [2.75, 3.05) is 0 Å². The van der Waals surface area contributed by atoms with Crippen molar-refractivity contribution < 1.29 is 0 Å². The summed E-state index contributed by atoms with van der Waals surface area (Å²) in [4.78, 5) is 0. The van der Waals surface area contributed by atoms with Crippen molar-refractivity contribution in [2.45, 2.75) is 78.1 Å². The zero-order valence-corrected chi connectivity index (χ0v) is 12.8. The van der Waals surface area contributed by atoms with Crippen molar-refractivity contribution >= 4 is 0 Å². The topological polar surface area (TPSA) is 30.7 Å². The van der Waals surface area contributed by atoms with Crippen LogP contribution < -0.4 is 0 Å². The van der Waals surface area contributed by atoms with E-state index < -0.39 is 0 Å². The molecule has 1 rings (SSSR count). The Morgan fingerprint density at radius 2 is 1.78 bits per heavy atom. The lowest BCUT2D eigenvalue weighted by molar-refractivity contribution is 0.352. The highest BCUT2D eigenvalue weighted by Crippen LogP contribution is 2.35. The maximum atomic E-state index is 4.22. The van der Waals surface area contributed by atoms with E-state index in [4.69, 9.17) is 0 Å². The van der Waals surface area contributed by atoms with Gasteiger partial charge < -0.3 is 0 Å². The molecule has 0 aliphatic rings. The average molecular weight is 251 g/mol. The van der Waals surface area contributed by atoms with E-state index in [-0.39, 0.29) is 5.41 Å². The molecule has 3 nitrogen and oxygen atoms in total. The minimum Gasteiger partial charge on any atom is -0.252 e. The highest BCUT2D eigenvalue weighted by atomic mass is 15.4. The molecule has 0 bridgehead atoms. The predicted octanol–water partition coefficient (Wildman–Crippen LogP) is 4.15. The SMILES string of the molecule is CCCCCCC(C)(CCC)c1c(C)nnn1C. The van der Waals surface area contributed by atoms with E-state index in [1.165, 1.54) is 50.6 Å². The van der Waals surface area contributed by atoms with Gasteiger partial charge in [0, 0.05) is 12.5 Å². The lowest BCUT2D eigenvalue weighted by Crippen LogP contribution is -2.26. The standard InChI is InChI=1S/C15H29N3/c1-6-8-9-10-12-15(4,11-7-2)14-13(3)16-17-18(14)5/h6-12H2,1-5H3. The molecule has 0 fully saturated rings. The molecule has 0 aromatic carbocycles. The van der Waals surface area contributed by atoms with E-state index in [9.17, 15) is 0 Å². The molecule has 18 heavy (non-hydrogen) atoms. The number of unbranched alkanes of at least 4 members (excludes halogenated alkanes) is 3. The minimum atomic E-state index is 0.241. The molecule has 0 N–H and O–H groups in total. The fraction of sp³-hybridized carbons (Fsp3) is 0.867. The molecule has 1 unspecified atom stereocenters. The van der Waals surface area contributed by atoms with Crippen LogP contribution in [0.1, 0.15) is 77.1 Å². The first-order valence-corrected chi connectivity index (χ1v) is 7.42. The zero-order chi connectivity index (χ0) is 13.6. The summed E-state index contributed by atoms with van der Waals surface area (Å²) in [5.41, 5.74) is 2.68. The van der Waals surface area contributed by atoms with Gasteiger partial charge in [-0.25, -0.2) is 0 Å². The monoisotopic (exact) mass is 251 g/mol. The number of nitrogens with zero attached hydrogens (tertiary/aromatic N) is 3. The third kappa shape index (κ3) is 3.56. The second kappa shape index (κ2) is 6.91. The van der Waals surface area contributed by atoms with Crippen molar-refractivity contribution in [1.29, 1.82) is 0 Å². The van der Waals surface area contributed by atoms with Gasteiger partial charge in [0.25, 0.3) is 0 Å². The molecule has 3 heteroatoms. The number of aryl methyl sites for hydroxylation is 2. The summed E-state index contributed by atoms with van der Waals surface area (Å²) in [6.07, 6.45) is 9.01. The van der Waals surface area contributed by atoms with Gasteiger partial charge >= 0.3 is 0 Å². The van der Waals surface area contributed by atoms with Crippen molar-refractivity contribution in [3.05, 3.63) is 11.4 Å². The lowest BCUT2D eigenvalue weighted by Gasteiger charge is -2.30. The number of rotatable bonds is 8. The van der Waals surface area contributed by atoms with E-state index >= 15 is 0 Å². The maximum Gasteiger partial charge on any atom is 0.0833 e. The highest BCUT2D eigenvalue weighted by molar-refractivity contribution is 5.19. The number of aromatic nitrogens is 3. The van der Waals surface area contributed by atoms with Crippen LogP contribution in [0.3, 0.4) is 0 Å². The fourth-order valence-electron chi connectivity index (χ4n) is 3.14. The molecule has 1 heterocycles. The van der Waals surface area contributed by atoms with Crippen LogP contribution in [0.5, 0.6) is 0 Å². The van der Waals surface area contributed by atoms with E-state index in [1.54, 1.807) is 0 Å². The van der Waals surface area contributed by atoms with Gasteiger partial charge in [0.1, 0.15) is 0 Å². The predicted molar refractivity (Wildman–Crippen MR) is 76.8 cm³/mol. The Hall–Kier alpha value is -0.860. The van der Waals surface area contributed by atoms with Gasteiger partial charge in [-0.05, 0) is 19.8 Å². The summed E-state index contributed by atoms with van der Waals surface area (Å²) in [6, 6.07) is 0. The molecule has 104 valence electrons. The summed E-state index contributed by atoms with van der Waals surface area (Å²) in [5.74, 6) is 0. The van der Waals surface area contributed by atoms with Crippen LogP contribution in [0.15, 0.2) is 0 Å². The molecular formula is C15H29N3. The van der Waals surface area contributed by atoms with E-state index in [1.807, 2.05) is 11.7 Å². The second-order valence-corrected chi connectivity index (χ2v) is 5.77. The minimum absolute atomic E-state index is 0.241. The molecule has 1 aromatic heterocycles. The quantitative estimate of drug-likeness (QED) is 0.650. The second-order valence-electron chi connectivity index (χ2n) is 5.77. The Labute approximate surface area is 112 Å².